The molecule has 2 aromatic rings. The number of nitrogens with zero attached hydrogens (tertiary/aromatic N) is 2. The summed E-state index contributed by atoms with van der Waals surface area (Å²) in [7, 11) is 0. The number of aromatic nitrogens is 2. The molecule has 0 radical (unpaired) electrons. The molecule has 0 aliphatic heterocycles. The first-order chi connectivity index (χ1) is 10.7. The molecule has 0 atom stereocenters. The predicted molar refractivity (Wildman–Crippen MR) is 89.5 cm³/mol. The van der Waals surface area contributed by atoms with E-state index >= 15 is 0 Å². The minimum absolute atomic E-state index is 0.263. The van der Waals surface area contributed by atoms with E-state index in [9.17, 15) is 4.79 Å². The minimum Gasteiger partial charge on any atom is -0.369 e. The molecular weight excluding hydrogens is 300 g/mol. The summed E-state index contributed by atoms with van der Waals surface area (Å²) in [6, 6.07) is 6.96. The Labute approximate surface area is 135 Å². The van der Waals surface area contributed by atoms with Crippen LogP contribution in [0.4, 0.5) is 11.5 Å². The van der Waals surface area contributed by atoms with Crippen molar-refractivity contribution in [3.05, 3.63) is 47.4 Å². The number of anilines is 2. The van der Waals surface area contributed by atoms with E-state index in [0.717, 1.165) is 13.0 Å². The maximum Gasteiger partial charge on any atom is 0.275 e. The van der Waals surface area contributed by atoms with Crippen molar-refractivity contribution in [2.24, 2.45) is 0 Å². The van der Waals surface area contributed by atoms with Crippen LogP contribution in [-0.4, -0.2) is 22.4 Å². The van der Waals surface area contributed by atoms with Gasteiger partial charge in [0.15, 0.2) is 0 Å². The molecule has 1 aromatic carbocycles. The Morgan fingerprint density at radius 1 is 1.23 bits per heavy atom. The molecule has 22 heavy (non-hydrogen) atoms. The monoisotopic (exact) mass is 318 g/mol. The van der Waals surface area contributed by atoms with Crippen LogP contribution < -0.4 is 10.6 Å². The highest BCUT2D eigenvalue weighted by Crippen LogP contribution is 2.15. The quantitative estimate of drug-likeness (QED) is 0.758. The molecule has 0 saturated carbocycles. The Morgan fingerprint density at radius 2 is 2.09 bits per heavy atom. The molecule has 0 saturated heterocycles. The van der Waals surface area contributed by atoms with Gasteiger partial charge in [-0.3, -0.25) is 4.79 Å². The van der Waals surface area contributed by atoms with Gasteiger partial charge in [0, 0.05) is 17.3 Å². The third-order valence-electron chi connectivity index (χ3n) is 3.05. The lowest BCUT2D eigenvalue weighted by Crippen LogP contribution is -2.14. The molecule has 0 aliphatic carbocycles. The molecule has 0 fully saturated rings. The van der Waals surface area contributed by atoms with E-state index < -0.39 is 0 Å². The summed E-state index contributed by atoms with van der Waals surface area (Å²) >= 11 is 5.88. The van der Waals surface area contributed by atoms with Gasteiger partial charge in [0.2, 0.25) is 0 Å². The van der Waals surface area contributed by atoms with Crippen LogP contribution in [0.15, 0.2) is 36.7 Å². The molecule has 116 valence electrons. The van der Waals surface area contributed by atoms with Crippen LogP contribution in [0.3, 0.4) is 0 Å². The van der Waals surface area contributed by atoms with Gasteiger partial charge in [-0.1, -0.05) is 37.4 Å². The summed E-state index contributed by atoms with van der Waals surface area (Å²) in [5.41, 5.74) is 0.889. The molecule has 0 spiro atoms. The molecule has 1 aromatic heterocycles. The molecular formula is C16H19ClN4O. The second kappa shape index (κ2) is 8.34. The molecule has 6 heteroatoms. The summed E-state index contributed by atoms with van der Waals surface area (Å²) < 4.78 is 0. The van der Waals surface area contributed by atoms with Crippen molar-refractivity contribution >= 4 is 29.0 Å². The largest absolute Gasteiger partial charge is 0.369 e. The molecule has 1 amide bonds. The molecule has 2 rings (SSSR count). The third-order valence-corrected chi connectivity index (χ3v) is 3.29. The number of benzene rings is 1. The average molecular weight is 319 g/mol. The number of carbonyl (C=O) groups excluding carboxylic acids is 1. The van der Waals surface area contributed by atoms with Crippen molar-refractivity contribution < 1.29 is 4.79 Å². The lowest BCUT2D eigenvalue weighted by atomic mass is 10.2. The van der Waals surface area contributed by atoms with Gasteiger partial charge in [0.1, 0.15) is 11.5 Å². The average Bonchev–Trinajstić information content (AvgIpc) is 2.52. The number of hydrogen-bond donors (Lipinski definition) is 2. The van der Waals surface area contributed by atoms with Crippen LogP contribution in [0.2, 0.25) is 5.02 Å². The SMILES string of the molecule is CCCCCNc1cnc(C(=O)Nc2cccc(Cl)c2)cn1. The molecule has 5 nitrogen and oxygen atoms in total. The van der Waals surface area contributed by atoms with Crippen LogP contribution in [-0.2, 0) is 0 Å². The maximum atomic E-state index is 12.1. The Morgan fingerprint density at radius 3 is 2.77 bits per heavy atom. The first-order valence-corrected chi connectivity index (χ1v) is 7.69. The highest BCUT2D eigenvalue weighted by atomic mass is 35.5. The first kappa shape index (κ1) is 16.2. The standard InChI is InChI=1S/C16H19ClN4O/c1-2-3-4-8-18-15-11-19-14(10-20-15)16(22)21-13-7-5-6-12(17)9-13/h5-7,9-11H,2-4,8H2,1H3,(H,18,20)(H,21,22). The number of amides is 1. The molecule has 0 aliphatic rings. The highest BCUT2D eigenvalue weighted by molar-refractivity contribution is 6.30. The lowest BCUT2D eigenvalue weighted by molar-refractivity contribution is 0.102. The summed E-state index contributed by atoms with van der Waals surface area (Å²) in [5.74, 6) is 0.364. The van der Waals surface area contributed by atoms with Gasteiger partial charge in [-0.05, 0) is 24.6 Å². The Balaban J connectivity index is 1.90. The molecule has 2 N–H and O–H groups in total. The van der Waals surface area contributed by atoms with Crippen LogP contribution in [0, 0.1) is 0 Å². The van der Waals surface area contributed by atoms with E-state index in [0.29, 0.717) is 16.5 Å². The number of hydrogen-bond acceptors (Lipinski definition) is 4. The summed E-state index contributed by atoms with van der Waals surface area (Å²) in [6.07, 6.45) is 6.48. The fourth-order valence-corrected chi connectivity index (χ4v) is 2.08. The van der Waals surface area contributed by atoms with Crippen molar-refractivity contribution in [3.63, 3.8) is 0 Å². The maximum absolute atomic E-state index is 12.1. The minimum atomic E-state index is -0.313. The van der Waals surface area contributed by atoms with E-state index in [1.165, 1.54) is 19.0 Å². The van der Waals surface area contributed by atoms with Crippen molar-refractivity contribution in [1.82, 2.24) is 9.97 Å². The van der Waals surface area contributed by atoms with E-state index in [4.69, 9.17) is 11.6 Å². The summed E-state index contributed by atoms with van der Waals surface area (Å²) in [6.45, 7) is 3.02. The van der Waals surface area contributed by atoms with Gasteiger partial charge in [0.25, 0.3) is 5.91 Å². The Kier molecular flexibility index (Phi) is 6.15. The number of nitrogens with one attached hydrogen (secondary N) is 2. The molecule has 1 heterocycles. The van der Waals surface area contributed by atoms with Crippen molar-refractivity contribution in [3.8, 4) is 0 Å². The third kappa shape index (κ3) is 5.00. The van der Waals surface area contributed by atoms with Gasteiger partial charge >= 0.3 is 0 Å². The zero-order valence-corrected chi connectivity index (χ0v) is 13.2. The first-order valence-electron chi connectivity index (χ1n) is 7.32. The second-order valence-corrected chi connectivity index (χ2v) is 5.32. The number of unbranched alkanes of at least 4 members (excludes halogenated alkanes) is 2. The lowest BCUT2D eigenvalue weighted by Gasteiger charge is -2.07. The Bertz CT molecular complexity index is 616. The van der Waals surface area contributed by atoms with Gasteiger partial charge in [0.05, 0.1) is 12.4 Å². The van der Waals surface area contributed by atoms with Crippen LogP contribution in [0.5, 0.6) is 0 Å². The Hall–Kier alpha value is -2.14. The van der Waals surface area contributed by atoms with E-state index in [-0.39, 0.29) is 11.6 Å². The van der Waals surface area contributed by atoms with Crippen molar-refractivity contribution in [2.45, 2.75) is 26.2 Å². The van der Waals surface area contributed by atoms with Gasteiger partial charge in [-0.25, -0.2) is 9.97 Å². The summed E-state index contributed by atoms with van der Waals surface area (Å²) in [5, 5.41) is 6.48. The number of carbonyl (C=O) groups is 1. The van der Waals surface area contributed by atoms with Crippen LogP contribution in [0.25, 0.3) is 0 Å². The molecule has 0 unspecified atom stereocenters. The van der Waals surface area contributed by atoms with E-state index in [2.05, 4.69) is 27.5 Å². The van der Waals surface area contributed by atoms with Gasteiger partial charge in [-0.15, -0.1) is 0 Å². The van der Waals surface area contributed by atoms with Crippen LogP contribution in [0.1, 0.15) is 36.7 Å². The summed E-state index contributed by atoms with van der Waals surface area (Å²) in [4.78, 5) is 20.4. The van der Waals surface area contributed by atoms with Gasteiger partial charge in [-0.2, -0.15) is 0 Å². The second-order valence-electron chi connectivity index (χ2n) is 4.89. The van der Waals surface area contributed by atoms with E-state index in [1.807, 2.05) is 0 Å². The fraction of sp³-hybridized carbons (Fsp3) is 0.312. The topological polar surface area (TPSA) is 66.9 Å². The number of halogens is 1. The predicted octanol–water partition coefficient (Wildman–Crippen LogP) is 3.98. The van der Waals surface area contributed by atoms with Crippen molar-refractivity contribution in [2.75, 3.05) is 17.2 Å². The highest BCUT2D eigenvalue weighted by Gasteiger charge is 2.08. The van der Waals surface area contributed by atoms with E-state index in [1.54, 1.807) is 30.5 Å². The molecule has 0 bridgehead atoms. The normalized spacial score (nSPS) is 10.3. The zero-order valence-electron chi connectivity index (χ0n) is 12.5. The van der Waals surface area contributed by atoms with Crippen LogP contribution >= 0.6 is 11.6 Å². The number of rotatable bonds is 7. The smallest absolute Gasteiger partial charge is 0.275 e. The fourth-order valence-electron chi connectivity index (χ4n) is 1.89. The van der Waals surface area contributed by atoms with Gasteiger partial charge < -0.3 is 10.6 Å². The van der Waals surface area contributed by atoms with Crippen molar-refractivity contribution in [1.29, 1.82) is 0 Å². The zero-order chi connectivity index (χ0) is 15.8.